The average molecular weight is 400 g/mol. The van der Waals surface area contributed by atoms with Gasteiger partial charge in [-0.3, -0.25) is 4.79 Å². The number of hydrogen-bond donors (Lipinski definition) is 2. The summed E-state index contributed by atoms with van der Waals surface area (Å²) in [5.41, 5.74) is 1.59. The van der Waals surface area contributed by atoms with Crippen LogP contribution in [0.5, 0.6) is 0 Å². The van der Waals surface area contributed by atoms with Gasteiger partial charge < -0.3 is 11.2 Å². The van der Waals surface area contributed by atoms with Gasteiger partial charge in [-0.05, 0) is 30.5 Å². The number of aromatic nitrogens is 3. The summed E-state index contributed by atoms with van der Waals surface area (Å²) < 4.78 is 1.38. The van der Waals surface area contributed by atoms with Crippen molar-refractivity contribution in [1.29, 1.82) is 0 Å². The van der Waals surface area contributed by atoms with Gasteiger partial charge in [0.15, 0.2) is 5.82 Å². The highest BCUT2D eigenvalue weighted by atomic mass is 35.5. The van der Waals surface area contributed by atoms with Gasteiger partial charge in [0.05, 0.1) is 5.02 Å². The van der Waals surface area contributed by atoms with Gasteiger partial charge in [-0.2, -0.15) is 0 Å². The molecule has 0 radical (unpaired) electrons. The highest BCUT2D eigenvalue weighted by Crippen LogP contribution is 2.36. The monoisotopic (exact) mass is 399 g/mol. The molecule has 0 bridgehead atoms. The Kier molecular flexibility index (Phi) is 5.05. The zero-order chi connectivity index (χ0) is 18.8. The molecule has 0 spiro atoms. The average Bonchev–Trinajstić information content (AvgIpc) is 3.42. The molecule has 1 heterocycles. The zero-order valence-electron chi connectivity index (χ0n) is 14.4. The smallest absolute Gasteiger partial charge is 0.238 e. The number of nitrogens with two attached hydrogens (primary N) is 1. The zero-order valence-corrected chi connectivity index (χ0v) is 16.0. The van der Waals surface area contributed by atoms with E-state index in [0.717, 1.165) is 18.4 Å². The van der Waals surface area contributed by atoms with Gasteiger partial charge in [0.25, 0.3) is 0 Å². The van der Waals surface area contributed by atoms with Gasteiger partial charge in [-0.25, -0.2) is 4.68 Å². The Hall–Kier alpha value is -2.51. The van der Waals surface area contributed by atoms with Crippen LogP contribution in [0.2, 0.25) is 5.02 Å². The molecule has 1 atom stereocenters. The molecule has 1 unspecified atom stereocenters. The third kappa shape index (κ3) is 3.94. The molecular weight excluding hydrogens is 382 g/mol. The Morgan fingerprint density at radius 3 is 2.56 bits per heavy atom. The molecule has 1 amide bonds. The quantitative estimate of drug-likeness (QED) is 0.490. The van der Waals surface area contributed by atoms with Crippen molar-refractivity contribution in [3.63, 3.8) is 0 Å². The fourth-order valence-corrected chi connectivity index (χ4v) is 3.88. The largest absolute Gasteiger partial charge is 0.352 e. The second kappa shape index (κ2) is 7.62. The first-order valence-corrected chi connectivity index (χ1v) is 9.86. The van der Waals surface area contributed by atoms with Gasteiger partial charge in [-0.15, -0.1) is 10.2 Å². The molecule has 3 N–H and O–H groups in total. The van der Waals surface area contributed by atoms with Crippen molar-refractivity contribution in [2.75, 3.05) is 5.84 Å². The molecular formula is C19H18ClN5OS. The molecule has 0 aliphatic heterocycles. The molecule has 1 fully saturated rings. The van der Waals surface area contributed by atoms with Gasteiger partial charge in [0, 0.05) is 11.6 Å². The van der Waals surface area contributed by atoms with E-state index in [1.165, 1.54) is 16.4 Å². The number of rotatable bonds is 6. The maximum absolute atomic E-state index is 12.8. The summed E-state index contributed by atoms with van der Waals surface area (Å²) in [7, 11) is 0. The van der Waals surface area contributed by atoms with Crippen molar-refractivity contribution in [1.82, 2.24) is 20.2 Å². The number of carbonyl (C=O) groups excluding carboxylic acids is 1. The van der Waals surface area contributed by atoms with Gasteiger partial charge >= 0.3 is 0 Å². The fourth-order valence-electron chi connectivity index (χ4n) is 2.69. The van der Waals surface area contributed by atoms with E-state index in [2.05, 4.69) is 15.5 Å². The summed E-state index contributed by atoms with van der Waals surface area (Å²) in [6, 6.07) is 17.2. The Morgan fingerprint density at radius 2 is 1.85 bits per heavy atom. The van der Waals surface area contributed by atoms with Crippen LogP contribution < -0.4 is 11.2 Å². The van der Waals surface area contributed by atoms with Crippen LogP contribution in [-0.2, 0) is 4.79 Å². The number of thioether (sulfide) groups is 1. The van der Waals surface area contributed by atoms with E-state index in [1.807, 2.05) is 48.5 Å². The molecule has 1 saturated carbocycles. The number of nitrogens with one attached hydrogen (secondary N) is 1. The Labute approximate surface area is 166 Å². The minimum atomic E-state index is -0.461. The number of nitrogens with zero attached hydrogens (tertiary/aromatic N) is 3. The number of nitrogen functional groups attached to an aromatic ring is 1. The number of amides is 1. The first kappa shape index (κ1) is 17.9. The van der Waals surface area contributed by atoms with E-state index < -0.39 is 5.25 Å². The first-order chi connectivity index (χ1) is 13.1. The molecule has 3 aromatic rings. The van der Waals surface area contributed by atoms with Crippen LogP contribution in [0.25, 0.3) is 11.4 Å². The van der Waals surface area contributed by atoms with Gasteiger partial charge in [-0.1, -0.05) is 65.8 Å². The molecule has 1 aliphatic carbocycles. The summed E-state index contributed by atoms with van der Waals surface area (Å²) in [6.07, 6.45) is 2.06. The van der Waals surface area contributed by atoms with Gasteiger partial charge in [0.2, 0.25) is 11.1 Å². The second-order valence-corrected chi connectivity index (χ2v) is 7.83. The summed E-state index contributed by atoms with van der Waals surface area (Å²) in [5, 5.41) is 12.0. The van der Waals surface area contributed by atoms with Crippen molar-refractivity contribution >= 4 is 29.3 Å². The summed E-state index contributed by atoms with van der Waals surface area (Å²) in [5.74, 6) is 6.64. The van der Waals surface area contributed by atoms with E-state index in [4.69, 9.17) is 17.4 Å². The lowest BCUT2D eigenvalue weighted by Crippen LogP contribution is -2.30. The molecule has 0 saturated heterocycles. The normalized spacial score (nSPS) is 14.7. The molecule has 1 aromatic heterocycles. The minimum absolute atomic E-state index is 0.0454. The highest BCUT2D eigenvalue weighted by Gasteiger charge is 2.30. The van der Waals surface area contributed by atoms with E-state index >= 15 is 0 Å². The maximum atomic E-state index is 12.8. The number of halogens is 1. The van der Waals surface area contributed by atoms with Crippen molar-refractivity contribution < 1.29 is 4.79 Å². The van der Waals surface area contributed by atoms with E-state index in [0.29, 0.717) is 21.6 Å². The van der Waals surface area contributed by atoms with E-state index in [-0.39, 0.29) is 11.9 Å². The third-order valence-electron chi connectivity index (χ3n) is 4.27. The fraction of sp³-hybridized carbons (Fsp3) is 0.211. The predicted molar refractivity (Wildman–Crippen MR) is 107 cm³/mol. The van der Waals surface area contributed by atoms with Crippen LogP contribution in [0.15, 0.2) is 59.8 Å². The van der Waals surface area contributed by atoms with Crippen LogP contribution in [-0.4, -0.2) is 26.8 Å². The van der Waals surface area contributed by atoms with Crippen molar-refractivity contribution in [2.24, 2.45) is 0 Å². The lowest BCUT2D eigenvalue weighted by molar-refractivity contribution is -0.120. The molecule has 4 rings (SSSR count). The summed E-state index contributed by atoms with van der Waals surface area (Å²) in [6.45, 7) is 0. The van der Waals surface area contributed by atoms with Crippen molar-refractivity contribution in [3.05, 3.63) is 65.2 Å². The lowest BCUT2D eigenvalue weighted by atomic mass is 10.1. The molecule has 1 aliphatic rings. The highest BCUT2D eigenvalue weighted by molar-refractivity contribution is 8.00. The third-order valence-corrected chi connectivity index (χ3v) is 5.81. The topological polar surface area (TPSA) is 85.8 Å². The Balaban J connectivity index is 1.63. The summed E-state index contributed by atoms with van der Waals surface area (Å²) >= 11 is 7.53. The maximum Gasteiger partial charge on any atom is 0.238 e. The Morgan fingerprint density at radius 1 is 1.15 bits per heavy atom. The number of benzene rings is 2. The standard InChI is InChI=1S/C19H18ClN5OS/c20-15-9-5-4-8-14(15)17-23-24-19(25(17)21)27-16(12-6-2-1-3-7-12)18(26)22-13-10-11-13/h1-9,13,16H,10-11,21H2,(H,22,26). The van der Waals surface area contributed by atoms with Crippen LogP contribution >= 0.6 is 23.4 Å². The first-order valence-electron chi connectivity index (χ1n) is 8.61. The predicted octanol–water partition coefficient (Wildman–Crippen LogP) is 3.42. The molecule has 2 aromatic carbocycles. The summed E-state index contributed by atoms with van der Waals surface area (Å²) in [4.78, 5) is 12.8. The van der Waals surface area contributed by atoms with Crippen LogP contribution in [0.1, 0.15) is 23.7 Å². The Bertz CT molecular complexity index is 958. The molecule has 6 nitrogen and oxygen atoms in total. The van der Waals surface area contributed by atoms with E-state index in [1.54, 1.807) is 6.07 Å². The second-order valence-electron chi connectivity index (χ2n) is 6.35. The van der Waals surface area contributed by atoms with Crippen LogP contribution in [0.3, 0.4) is 0 Å². The van der Waals surface area contributed by atoms with Crippen LogP contribution in [0, 0.1) is 0 Å². The molecule has 27 heavy (non-hydrogen) atoms. The van der Waals surface area contributed by atoms with Gasteiger partial charge in [0.1, 0.15) is 5.25 Å². The lowest BCUT2D eigenvalue weighted by Gasteiger charge is -2.16. The van der Waals surface area contributed by atoms with E-state index in [9.17, 15) is 4.79 Å². The molecule has 8 heteroatoms. The minimum Gasteiger partial charge on any atom is -0.352 e. The number of carbonyl (C=O) groups is 1. The van der Waals surface area contributed by atoms with Crippen molar-refractivity contribution in [2.45, 2.75) is 29.3 Å². The van der Waals surface area contributed by atoms with Crippen molar-refractivity contribution in [3.8, 4) is 11.4 Å². The number of hydrogen-bond acceptors (Lipinski definition) is 5. The van der Waals surface area contributed by atoms with Crippen LogP contribution in [0.4, 0.5) is 0 Å². The SMILES string of the molecule is Nn1c(SC(C(=O)NC2CC2)c2ccccc2)nnc1-c1ccccc1Cl. The molecule has 138 valence electrons.